The van der Waals surface area contributed by atoms with Crippen molar-refractivity contribution in [3.05, 3.63) is 0 Å². The van der Waals surface area contributed by atoms with E-state index >= 15 is 0 Å². The summed E-state index contributed by atoms with van der Waals surface area (Å²) in [4.78, 5) is 14.1. The van der Waals surface area contributed by atoms with Crippen molar-refractivity contribution in [2.75, 3.05) is 18.8 Å². The number of unbranched alkanes of at least 4 members (excludes halogenated alkanes) is 10. The molecule has 1 unspecified atom stereocenters. The lowest BCUT2D eigenvalue weighted by molar-refractivity contribution is -0.131. The van der Waals surface area contributed by atoms with Crippen LogP contribution in [0.2, 0.25) is 0 Å². The van der Waals surface area contributed by atoms with Gasteiger partial charge in [-0.3, -0.25) is 9.00 Å². The van der Waals surface area contributed by atoms with Crippen molar-refractivity contribution in [3.63, 3.8) is 0 Å². The van der Waals surface area contributed by atoms with E-state index in [1.807, 2.05) is 4.90 Å². The zero-order valence-corrected chi connectivity index (χ0v) is 16.7. The summed E-state index contributed by atoms with van der Waals surface area (Å²) in [5, 5.41) is 0. The van der Waals surface area contributed by atoms with Crippen LogP contribution >= 0.6 is 0 Å². The molecule has 0 saturated carbocycles. The second-order valence-corrected chi connectivity index (χ2v) is 7.69. The molecule has 24 heavy (non-hydrogen) atoms. The van der Waals surface area contributed by atoms with Gasteiger partial charge in [0.25, 0.3) is 0 Å². The number of rotatable bonds is 17. The first-order valence-electron chi connectivity index (χ1n) is 9.95. The van der Waals surface area contributed by atoms with Gasteiger partial charge in [-0.25, -0.2) is 0 Å². The fourth-order valence-corrected chi connectivity index (χ4v) is 3.20. The summed E-state index contributed by atoms with van der Waals surface area (Å²) in [6.45, 7) is 5.98. The minimum atomic E-state index is -2.12. The Labute approximate surface area is 152 Å². The van der Waals surface area contributed by atoms with Crippen LogP contribution in [0.1, 0.15) is 97.3 Å². The molecule has 0 aliphatic heterocycles. The lowest BCUT2D eigenvalue weighted by Gasteiger charge is -2.23. The fraction of sp³-hybridized carbons (Fsp3) is 0.947. The molecule has 0 bridgehead atoms. The summed E-state index contributed by atoms with van der Waals surface area (Å²) in [5.41, 5.74) is 0. The van der Waals surface area contributed by atoms with Crippen molar-refractivity contribution in [2.45, 2.75) is 97.3 Å². The lowest BCUT2D eigenvalue weighted by atomic mass is 10.1. The van der Waals surface area contributed by atoms with Gasteiger partial charge in [0, 0.05) is 25.3 Å². The van der Waals surface area contributed by atoms with Crippen LogP contribution < -0.4 is 0 Å². The monoisotopic (exact) mass is 360 g/mol. The van der Waals surface area contributed by atoms with Gasteiger partial charge < -0.3 is 9.45 Å². The molecular weight excluding hydrogens is 322 g/mol. The molecule has 5 heteroatoms. The molecule has 144 valence electrons. The van der Waals surface area contributed by atoms with E-state index in [0.29, 0.717) is 0 Å². The van der Waals surface area contributed by atoms with Crippen LogP contribution in [-0.4, -0.2) is 38.4 Å². The van der Waals surface area contributed by atoms with Gasteiger partial charge >= 0.3 is 0 Å². The highest BCUT2D eigenvalue weighted by molar-refractivity contribution is 7.79. The van der Waals surface area contributed by atoms with Crippen LogP contribution in [0.4, 0.5) is 0 Å². The van der Waals surface area contributed by atoms with E-state index < -0.39 is 11.1 Å². The molecular formula is C19H38NO3S-. The topological polar surface area (TPSA) is 60.4 Å². The maximum atomic E-state index is 12.2. The molecule has 0 rings (SSSR count). The maximum absolute atomic E-state index is 12.2. The molecule has 0 fully saturated rings. The van der Waals surface area contributed by atoms with E-state index in [1.165, 1.54) is 51.4 Å². The Morgan fingerprint density at radius 3 is 1.62 bits per heavy atom. The van der Waals surface area contributed by atoms with Gasteiger partial charge in [-0.05, 0) is 12.8 Å². The van der Waals surface area contributed by atoms with Crippen molar-refractivity contribution in [1.82, 2.24) is 4.90 Å². The predicted octanol–water partition coefficient (Wildman–Crippen LogP) is 4.81. The molecule has 1 amide bonds. The van der Waals surface area contributed by atoms with Gasteiger partial charge in [-0.1, -0.05) is 89.1 Å². The van der Waals surface area contributed by atoms with Gasteiger partial charge in [-0.15, -0.1) is 0 Å². The van der Waals surface area contributed by atoms with Gasteiger partial charge in [0.1, 0.15) is 0 Å². The van der Waals surface area contributed by atoms with E-state index in [0.717, 1.165) is 38.8 Å². The Kier molecular flexibility index (Phi) is 17.1. The largest absolute Gasteiger partial charge is 0.772 e. The van der Waals surface area contributed by atoms with Crippen molar-refractivity contribution in [2.24, 2.45) is 0 Å². The van der Waals surface area contributed by atoms with E-state index in [4.69, 9.17) is 0 Å². The highest BCUT2D eigenvalue weighted by Crippen LogP contribution is 2.10. The molecule has 0 heterocycles. The first kappa shape index (κ1) is 23.6. The summed E-state index contributed by atoms with van der Waals surface area (Å²) in [6, 6.07) is 0. The molecule has 1 atom stereocenters. The standard InChI is InChI=1S/C19H39NO3S/c1-3-5-7-9-11-13-16-20(19(21)15-18-24(22)23)17-14-12-10-8-6-4-2/h3-18H2,1-2H3,(H,22,23)/p-1. The summed E-state index contributed by atoms with van der Waals surface area (Å²) >= 11 is -2.12. The van der Waals surface area contributed by atoms with Crippen LogP contribution in [0.25, 0.3) is 0 Å². The lowest BCUT2D eigenvalue weighted by Crippen LogP contribution is -2.33. The molecule has 0 aliphatic rings. The maximum Gasteiger partial charge on any atom is 0.223 e. The predicted molar refractivity (Wildman–Crippen MR) is 102 cm³/mol. The number of nitrogens with zero attached hydrogens (tertiary/aromatic N) is 1. The van der Waals surface area contributed by atoms with Crippen molar-refractivity contribution >= 4 is 17.0 Å². The van der Waals surface area contributed by atoms with Gasteiger partial charge in [0.05, 0.1) is 0 Å². The van der Waals surface area contributed by atoms with Gasteiger partial charge in [0.15, 0.2) is 0 Å². The normalized spacial score (nSPS) is 12.3. The van der Waals surface area contributed by atoms with Crippen LogP contribution in [0.3, 0.4) is 0 Å². The Morgan fingerprint density at radius 2 is 1.21 bits per heavy atom. The molecule has 0 radical (unpaired) electrons. The Balaban J connectivity index is 4.03. The molecule has 0 aliphatic carbocycles. The highest BCUT2D eigenvalue weighted by atomic mass is 32.2. The zero-order chi connectivity index (χ0) is 18.0. The van der Waals surface area contributed by atoms with E-state index in [9.17, 15) is 13.6 Å². The number of carbonyl (C=O) groups is 1. The fourth-order valence-electron chi connectivity index (χ4n) is 2.86. The average molecular weight is 361 g/mol. The minimum absolute atomic E-state index is 0.00122. The van der Waals surface area contributed by atoms with Crippen LogP contribution in [0.15, 0.2) is 0 Å². The SMILES string of the molecule is CCCCCCCCN(CCCCCCCC)C(=O)CCS(=O)[O-]. The summed E-state index contributed by atoms with van der Waals surface area (Å²) in [7, 11) is 0. The number of carbonyl (C=O) groups excluding carboxylic acids is 1. The zero-order valence-electron chi connectivity index (χ0n) is 15.9. The van der Waals surface area contributed by atoms with Gasteiger partial charge in [0.2, 0.25) is 5.91 Å². The third-order valence-corrected chi connectivity index (χ3v) is 4.94. The van der Waals surface area contributed by atoms with E-state index in [-0.39, 0.29) is 18.1 Å². The molecule has 0 aromatic rings. The van der Waals surface area contributed by atoms with Crippen molar-refractivity contribution in [3.8, 4) is 0 Å². The number of amides is 1. The summed E-state index contributed by atoms with van der Waals surface area (Å²) in [5.74, 6) is -0.0520. The van der Waals surface area contributed by atoms with Gasteiger partial charge in [-0.2, -0.15) is 0 Å². The highest BCUT2D eigenvalue weighted by Gasteiger charge is 2.12. The Morgan fingerprint density at radius 1 is 0.792 bits per heavy atom. The second-order valence-electron chi connectivity index (χ2n) is 6.67. The molecule has 0 aromatic heterocycles. The molecule has 0 N–H and O–H groups in total. The summed E-state index contributed by atoms with van der Waals surface area (Å²) < 4.78 is 21.4. The van der Waals surface area contributed by atoms with Crippen molar-refractivity contribution < 1.29 is 13.6 Å². The second kappa shape index (κ2) is 17.4. The Bertz CT molecular complexity index is 308. The minimum Gasteiger partial charge on any atom is -0.772 e. The molecule has 0 spiro atoms. The molecule has 4 nitrogen and oxygen atoms in total. The van der Waals surface area contributed by atoms with E-state index in [1.54, 1.807) is 0 Å². The average Bonchev–Trinajstić information content (AvgIpc) is 2.56. The molecule has 0 saturated heterocycles. The first-order chi connectivity index (χ1) is 11.6. The smallest absolute Gasteiger partial charge is 0.223 e. The number of hydrogen-bond acceptors (Lipinski definition) is 3. The van der Waals surface area contributed by atoms with E-state index in [2.05, 4.69) is 13.8 Å². The quantitative estimate of drug-likeness (QED) is 0.276. The third-order valence-electron chi connectivity index (χ3n) is 4.40. The van der Waals surface area contributed by atoms with Crippen LogP contribution in [0, 0.1) is 0 Å². The third kappa shape index (κ3) is 15.1. The van der Waals surface area contributed by atoms with Crippen molar-refractivity contribution in [1.29, 1.82) is 0 Å². The molecule has 0 aromatic carbocycles. The Hall–Kier alpha value is -0.420. The summed E-state index contributed by atoms with van der Waals surface area (Å²) in [6.07, 6.45) is 14.6. The van der Waals surface area contributed by atoms with Crippen LogP contribution in [0.5, 0.6) is 0 Å². The first-order valence-corrected chi connectivity index (χ1v) is 11.2. The number of hydrogen-bond donors (Lipinski definition) is 0. The van der Waals surface area contributed by atoms with Crippen LogP contribution in [-0.2, 0) is 15.9 Å².